The first-order valence-electron chi connectivity index (χ1n) is 6.62. The van der Waals surface area contributed by atoms with Crippen LogP contribution in [0.5, 0.6) is 0 Å². The van der Waals surface area contributed by atoms with Gasteiger partial charge in [0.25, 0.3) is 0 Å². The van der Waals surface area contributed by atoms with E-state index in [4.69, 9.17) is 15.6 Å². The van der Waals surface area contributed by atoms with Crippen LogP contribution in [0, 0.1) is 29.4 Å². The van der Waals surface area contributed by atoms with Crippen LogP contribution in [-0.2, 0) is 11.8 Å². The molecule has 6 heteroatoms. The highest BCUT2D eigenvalue weighted by Gasteiger charge is 2.17. The van der Waals surface area contributed by atoms with Crippen molar-refractivity contribution in [2.45, 2.75) is 20.3 Å². The summed E-state index contributed by atoms with van der Waals surface area (Å²) in [6.45, 7) is 3.62. The van der Waals surface area contributed by atoms with Gasteiger partial charge in [0.1, 0.15) is 5.82 Å². The molecule has 2 rings (SSSR count). The van der Waals surface area contributed by atoms with Gasteiger partial charge < -0.3 is 9.30 Å². The summed E-state index contributed by atoms with van der Waals surface area (Å²) >= 11 is 0. The first kappa shape index (κ1) is 15.2. The van der Waals surface area contributed by atoms with Gasteiger partial charge in [0, 0.05) is 24.2 Å². The van der Waals surface area contributed by atoms with E-state index >= 15 is 0 Å². The zero-order valence-corrected chi connectivity index (χ0v) is 12.2. The van der Waals surface area contributed by atoms with Crippen molar-refractivity contribution in [3.8, 4) is 0 Å². The third-order valence-corrected chi connectivity index (χ3v) is 3.33. The van der Waals surface area contributed by atoms with E-state index in [-0.39, 0.29) is 33.3 Å². The van der Waals surface area contributed by atoms with Crippen molar-refractivity contribution in [2.75, 3.05) is 6.61 Å². The van der Waals surface area contributed by atoms with Gasteiger partial charge in [0.2, 0.25) is 5.90 Å². The highest BCUT2D eigenvalue weighted by Crippen LogP contribution is 2.21. The molecular weight excluding hydrogens is 276 g/mol. The summed E-state index contributed by atoms with van der Waals surface area (Å²) < 4.78 is 34.6. The molecule has 2 aromatic rings. The smallest absolute Gasteiger partial charge is 0.216 e. The van der Waals surface area contributed by atoms with Crippen LogP contribution in [0.15, 0.2) is 12.3 Å². The number of ether oxygens (including phenoxy) is 1. The lowest BCUT2D eigenvalue weighted by molar-refractivity contribution is 0.302. The molecule has 4 nitrogen and oxygen atoms in total. The quantitative estimate of drug-likeness (QED) is 0.663. The van der Waals surface area contributed by atoms with Crippen molar-refractivity contribution in [3.05, 3.63) is 40.4 Å². The first-order valence-corrected chi connectivity index (χ1v) is 6.62. The highest BCUT2D eigenvalue weighted by molar-refractivity contribution is 5.95. The fourth-order valence-corrected chi connectivity index (χ4v) is 2.16. The Balaban J connectivity index is 2.74. The number of pyridine rings is 1. The summed E-state index contributed by atoms with van der Waals surface area (Å²) in [6.07, 6.45) is 2.20. The second-order valence-corrected chi connectivity index (χ2v) is 4.90. The number of hydrogen-bond acceptors (Lipinski definition) is 3. The Morgan fingerprint density at radius 3 is 2.67 bits per heavy atom. The Labute approximate surface area is 121 Å². The summed E-state index contributed by atoms with van der Waals surface area (Å²) in [5, 5.41) is 16.0. The second kappa shape index (κ2) is 5.63. The van der Waals surface area contributed by atoms with Crippen LogP contribution < -0.4 is 5.36 Å². The fourth-order valence-electron chi connectivity index (χ4n) is 2.16. The average Bonchev–Trinajstić information content (AvgIpc) is 2.45. The Kier molecular flexibility index (Phi) is 4.06. The zero-order chi connectivity index (χ0) is 15.7. The fraction of sp³-hybridized carbons (Fsp3) is 0.333. The van der Waals surface area contributed by atoms with Crippen molar-refractivity contribution in [3.63, 3.8) is 0 Å². The number of hydrogen-bond donors (Lipinski definition) is 2. The summed E-state index contributed by atoms with van der Waals surface area (Å²) in [5.74, 6) is -1.55. The minimum absolute atomic E-state index is 0.0810. The summed E-state index contributed by atoms with van der Waals surface area (Å²) in [5.41, 5.74) is 0.273. The molecule has 0 amide bonds. The van der Waals surface area contributed by atoms with Crippen LogP contribution in [0.4, 0.5) is 8.78 Å². The van der Waals surface area contributed by atoms with Crippen molar-refractivity contribution in [2.24, 2.45) is 7.05 Å². The van der Waals surface area contributed by atoms with Crippen LogP contribution in [0.1, 0.15) is 24.5 Å². The maximum Gasteiger partial charge on any atom is 0.216 e. The van der Waals surface area contributed by atoms with Gasteiger partial charge in [0.05, 0.1) is 23.0 Å². The molecule has 112 valence electrons. The van der Waals surface area contributed by atoms with Crippen molar-refractivity contribution >= 4 is 16.8 Å². The maximum atomic E-state index is 14.2. The Hall–Kier alpha value is -2.24. The minimum Gasteiger partial charge on any atom is -0.478 e. The molecule has 0 fully saturated rings. The van der Waals surface area contributed by atoms with Gasteiger partial charge in [-0.05, 0) is 19.4 Å². The molecule has 0 saturated carbocycles. The lowest BCUT2D eigenvalue weighted by atomic mass is 10.1. The molecule has 0 saturated heterocycles. The van der Waals surface area contributed by atoms with E-state index < -0.39 is 11.6 Å². The van der Waals surface area contributed by atoms with Crippen molar-refractivity contribution in [1.29, 1.82) is 10.8 Å². The van der Waals surface area contributed by atoms with Crippen LogP contribution in [0.2, 0.25) is 0 Å². The standard InChI is InChI=1S/C15H17F2N3O/c1-4-5-21-15(19)10-7-20(3)14-9(13(10)18)6-11(16)8(2)12(14)17/h6-7,18-19H,4-5H2,1-3H3. The average molecular weight is 293 g/mol. The molecule has 21 heavy (non-hydrogen) atoms. The van der Waals surface area contributed by atoms with Crippen LogP contribution >= 0.6 is 0 Å². The number of halogens is 2. The first-order chi connectivity index (χ1) is 9.88. The number of aromatic nitrogens is 1. The Morgan fingerprint density at radius 2 is 2.05 bits per heavy atom. The van der Waals surface area contributed by atoms with E-state index in [1.165, 1.54) is 17.7 Å². The maximum absolute atomic E-state index is 14.2. The molecule has 1 aromatic carbocycles. The summed E-state index contributed by atoms with van der Waals surface area (Å²) in [7, 11) is 1.60. The van der Waals surface area contributed by atoms with Gasteiger partial charge in [-0.3, -0.25) is 10.8 Å². The highest BCUT2D eigenvalue weighted by atomic mass is 19.1. The van der Waals surface area contributed by atoms with Gasteiger partial charge in [-0.25, -0.2) is 8.78 Å². The van der Waals surface area contributed by atoms with E-state index in [9.17, 15) is 8.78 Å². The minimum atomic E-state index is -0.702. The van der Waals surface area contributed by atoms with Gasteiger partial charge in [0.15, 0.2) is 5.82 Å². The number of nitrogens with zero attached hydrogens (tertiary/aromatic N) is 1. The van der Waals surface area contributed by atoms with Crippen LogP contribution in [0.25, 0.3) is 10.9 Å². The molecular formula is C15H17F2N3O. The molecule has 2 N–H and O–H groups in total. The third-order valence-electron chi connectivity index (χ3n) is 3.33. The van der Waals surface area contributed by atoms with Crippen molar-refractivity contribution < 1.29 is 13.5 Å². The lowest BCUT2D eigenvalue weighted by Gasteiger charge is -2.13. The van der Waals surface area contributed by atoms with Crippen LogP contribution in [0.3, 0.4) is 0 Å². The predicted molar refractivity (Wildman–Crippen MR) is 76.5 cm³/mol. The van der Waals surface area contributed by atoms with Crippen molar-refractivity contribution in [1.82, 2.24) is 4.57 Å². The number of rotatable bonds is 3. The van der Waals surface area contributed by atoms with E-state index in [1.807, 2.05) is 6.92 Å². The van der Waals surface area contributed by atoms with E-state index in [0.717, 1.165) is 12.5 Å². The lowest BCUT2D eigenvalue weighted by Crippen LogP contribution is -2.21. The Bertz CT molecular complexity index is 781. The number of nitrogens with one attached hydrogen (secondary N) is 2. The van der Waals surface area contributed by atoms with E-state index in [0.29, 0.717) is 6.61 Å². The number of benzene rings is 1. The van der Waals surface area contributed by atoms with Gasteiger partial charge >= 0.3 is 0 Å². The molecule has 0 aliphatic carbocycles. The third kappa shape index (κ3) is 2.53. The van der Waals surface area contributed by atoms with E-state index in [2.05, 4.69) is 0 Å². The molecule has 0 radical (unpaired) electrons. The predicted octanol–water partition coefficient (Wildman–Crippen LogP) is 3.00. The molecule has 0 spiro atoms. The zero-order valence-electron chi connectivity index (χ0n) is 12.2. The molecule has 0 atom stereocenters. The van der Waals surface area contributed by atoms with E-state index in [1.54, 1.807) is 7.05 Å². The van der Waals surface area contributed by atoms with Gasteiger partial charge in [-0.1, -0.05) is 6.92 Å². The monoisotopic (exact) mass is 293 g/mol. The molecule has 1 aromatic heterocycles. The second-order valence-electron chi connectivity index (χ2n) is 4.90. The molecule has 0 bridgehead atoms. The molecule has 0 unspecified atom stereocenters. The normalized spacial score (nSPS) is 10.9. The summed E-state index contributed by atoms with van der Waals surface area (Å²) in [6, 6.07) is 1.13. The SMILES string of the molecule is CCCOC(=N)c1cn(C)c2c(F)c(C)c(F)cc2c1=N. The molecule has 0 aliphatic heterocycles. The Morgan fingerprint density at radius 1 is 1.38 bits per heavy atom. The molecule has 0 aliphatic rings. The number of aryl methyl sites for hydroxylation is 1. The number of fused-ring (bicyclic) bond motifs is 1. The van der Waals surface area contributed by atoms with Gasteiger partial charge in [-0.15, -0.1) is 0 Å². The molecule has 1 heterocycles. The topological polar surface area (TPSA) is 61.9 Å². The van der Waals surface area contributed by atoms with Crippen LogP contribution in [-0.4, -0.2) is 17.1 Å². The summed E-state index contributed by atoms with van der Waals surface area (Å²) in [4.78, 5) is 0. The largest absolute Gasteiger partial charge is 0.478 e. The van der Waals surface area contributed by atoms with Gasteiger partial charge in [-0.2, -0.15) is 0 Å².